The molecule has 20 heavy (non-hydrogen) atoms. The summed E-state index contributed by atoms with van der Waals surface area (Å²) in [5, 5.41) is 3.07. The van der Waals surface area contributed by atoms with Gasteiger partial charge in [-0.25, -0.2) is 4.39 Å². The quantitative estimate of drug-likeness (QED) is 0.880. The van der Waals surface area contributed by atoms with Gasteiger partial charge in [0.25, 0.3) is 0 Å². The second-order valence-electron chi connectivity index (χ2n) is 4.51. The summed E-state index contributed by atoms with van der Waals surface area (Å²) in [6, 6.07) is 8.08. The van der Waals surface area contributed by atoms with Gasteiger partial charge in [-0.3, -0.25) is 0 Å². The van der Waals surface area contributed by atoms with Crippen molar-refractivity contribution >= 4 is 33.1 Å². The minimum absolute atomic E-state index is 0.0139. The highest BCUT2D eigenvalue weighted by atomic mass is 79.9. The average molecular weight is 340 g/mol. The molecule has 1 aromatic carbocycles. The molecule has 0 fully saturated rings. The third-order valence-corrected chi connectivity index (χ3v) is 3.04. The van der Waals surface area contributed by atoms with Crippen LogP contribution in [0.5, 0.6) is 5.88 Å². The molecule has 0 aliphatic rings. The maximum atomic E-state index is 13.2. The van der Waals surface area contributed by atoms with E-state index in [0.29, 0.717) is 27.5 Å². The van der Waals surface area contributed by atoms with E-state index < -0.39 is 0 Å². The number of ether oxygens (including phenoxy) is 1. The van der Waals surface area contributed by atoms with E-state index >= 15 is 0 Å². The van der Waals surface area contributed by atoms with E-state index in [2.05, 4.69) is 26.2 Å². The minimum Gasteiger partial charge on any atom is -0.473 e. The lowest BCUT2D eigenvalue weighted by Gasteiger charge is -2.13. The average Bonchev–Trinajstić information content (AvgIpc) is 2.37. The van der Waals surface area contributed by atoms with Gasteiger partial charge in [-0.1, -0.05) is 0 Å². The van der Waals surface area contributed by atoms with Crippen LogP contribution in [0.4, 0.5) is 21.6 Å². The van der Waals surface area contributed by atoms with E-state index in [4.69, 9.17) is 10.5 Å². The highest BCUT2D eigenvalue weighted by molar-refractivity contribution is 9.10. The van der Waals surface area contributed by atoms with Crippen molar-refractivity contribution in [2.75, 3.05) is 11.1 Å². The summed E-state index contributed by atoms with van der Waals surface area (Å²) in [5.74, 6) is 0.643. The molecule has 0 amide bonds. The van der Waals surface area contributed by atoms with Crippen LogP contribution >= 0.6 is 15.9 Å². The first-order valence-electron chi connectivity index (χ1n) is 6.11. The monoisotopic (exact) mass is 339 g/mol. The lowest BCUT2D eigenvalue weighted by molar-refractivity contribution is 0.234. The first-order chi connectivity index (χ1) is 9.45. The Bertz CT molecular complexity index is 619. The number of hydrogen-bond donors (Lipinski definition) is 2. The molecule has 0 unspecified atom stereocenters. The van der Waals surface area contributed by atoms with Crippen molar-refractivity contribution in [1.29, 1.82) is 0 Å². The third kappa shape index (κ3) is 3.60. The van der Waals surface area contributed by atoms with Crippen LogP contribution in [0, 0.1) is 5.82 Å². The predicted molar refractivity (Wildman–Crippen MR) is 81.8 cm³/mol. The fourth-order valence-corrected chi connectivity index (χ4v) is 1.94. The van der Waals surface area contributed by atoms with Gasteiger partial charge in [-0.05, 0) is 60.1 Å². The Hall–Kier alpha value is -1.82. The first-order valence-corrected chi connectivity index (χ1v) is 6.90. The Morgan fingerprint density at radius 2 is 2.05 bits per heavy atom. The topological polar surface area (TPSA) is 60.2 Å². The molecular weight excluding hydrogens is 325 g/mol. The molecule has 106 valence electrons. The molecule has 0 saturated heterocycles. The Labute approximate surface area is 125 Å². The van der Waals surface area contributed by atoms with Gasteiger partial charge in [0.15, 0.2) is 0 Å². The van der Waals surface area contributed by atoms with Crippen LogP contribution in [0.25, 0.3) is 0 Å². The van der Waals surface area contributed by atoms with Crippen LogP contribution < -0.4 is 15.8 Å². The number of nitrogens with one attached hydrogen (secondary N) is 1. The molecule has 4 nitrogen and oxygen atoms in total. The van der Waals surface area contributed by atoms with E-state index in [9.17, 15) is 4.39 Å². The van der Waals surface area contributed by atoms with Crippen LogP contribution in [-0.4, -0.2) is 11.1 Å². The number of aromatic nitrogens is 1. The minimum atomic E-state index is -0.315. The van der Waals surface area contributed by atoms with Crippen molar-refractivity contribution in [3.8, 4) is 5.88 Å². The number of anilines is 3. The number of nitrogens with zero attached hydrogens (tertiary/aromatic N) is 1. The maximum absolute atomic E-state index is 13.2. The molecule has 0 saturated carbocycles. The SMILES string of the molecule is CC(C)Oc1nc(Nc2ccc(F)c(Br)c2)ccc1N. The number of hydrogen-bond acceptors (Lipinski definition) is 4. The lowest BCUT2D eigenvalue weighted by Crippen LogP contribution is -2.09. The van der Waals surface area contributed by atoms with Crippen LogP contribution in [0.3, 0.4) is 0 Å². The van der Waals surface area contributed by atoms with Crippen LogP contribution in [0.2, 0.25) is 0 Å². The maximum Gasteiger partial charge on any atom is 0.239 e. The molecule has 0 bridgehead atoms. The van der Waals surface area contributed by atoms with Gasteiger partial charge >= 0.3 is 0 Å². The van der Waals surface area contributed by atoms with Crippen molar-refractivity contribution in [2.24, 2.45) is 0 Å². The third-order valence-electron chi connectivity index (χ3n) is 2.43. The summed E-state index contributed by atoms with van der Waals surface area (Å²) in [4.78, 5) is 4.29. The van der Waals surface area contributed by atoms with Crippen LogP contribution in [-0.2, 0) is 0 Å². The van der Waals surface area contributed by atoms with Gasteiger partial charge in [-0.15, -0.1) is 0 Å². The lowest BCUT2D eigenvalue weighted by atomic mass is 10.3. The second-order valence-corrected chi connectivity index (χ2v) is 5.37. The smallest absolute Gasteiger partial charge is 0.239 e. The molecular formula is C14H15BrFN3O. The second kappa shape index (κ2) is 6.09. The molecule has 0 radical (unpaired) electrons. The molecule has 2 aromatic rings. The van der Waals surface area contributed by atoms with E-state index in [1.807, 2.05) is 13.8 Å². The van der Waals surface area contributed by atoms with E-state index in [1.54, 1.807) is 24.3 Å². The first kappa shape index (κ1) is 14.6. The number of benzene rings is 1. The number of pyridine rings is 1. The summed E-state index contributed by atoms with van der Waals surface area (Å²) in [6.07, 6.45) is -0.0139. The Morgan fingerprint density at radius 1 is 1.30 bits per heavy atom. The zero-order valence-electron chi connectivity index (χ0n) is 11.2. The van der Waals surface area contributed by atoms with Crippen molar-refractivity contribution in [1.82, 2.24) is 4.98 Å². The van der Waals surface area contributed by atoms with E-state index in [0.717, 1.165) is 0 Å². The predicted octanol–water partition coefficient (Wildman–Crippen LogP) is 4.10. The Balaban J connectivity index is 2.22. The summed E-state index contributed by atoms with van der Waals surface area (Å²) < 4.78 is 19.1. The van der Waals surface area contributed by atoms with E-state index in [-0.39, 0.29) is 11.9 Å². The van der Waals surface area contributed by atoms with Crippen molar-refractivity contribution < 1.29 is 9.13 Å². The highest BCUT2D eigenvalue weighted by Crippen LogP contribution is 2.26. The number of nitrogen functional groups attached to an aromatic ring is 1. The molecule has 0 atom stereocenters. The summed E-state index contributed by atoms with van der Waals surface area (Å²) in [6.45, 7) is 3.80. The van der Waals surface area contributed by atoms with Gasteiger partial charge in [0.2, 0.25) is 5.88 Å². The molecule has 0 aliphatic carbocycles. The summed E-state index contributed by atoms with van der Waals surface area (Å²) >= 11 is 3.14. The molecule has 2 rings (SSSR count). The zero-order chi connectivity index (χ0) is 14.7. The van der Waals surface area contributed by atoms with Gasteiger partial charge < -0.3 is 15.8 Å². The molecule has 1 aromatic heterocycles. The number of rotatable bonds is 4. The van der Waals surface area contributed by atoms with Crippen molar-refractivity contribution in [2.45, 2.75) is 20.0 Å². The molecule has 1 heterocycles. The van der Waals surface area contributed by atoms with Gasteiger partial charge in [-0.2, -0.15) is 4.98 Å². The summed E-state index contributed by atoms with van der Waals surface area (Å²) in [5.41, 5.74) is 6.99. The van der Waals surface area contributed by atoms with Gasteiger partial charge in [0.1, 0.15) is 11.6 Å². The normalized spacial score (nSPS) is 10.7. The van der Waals surface area contributed by atoms with Gasteiger partial charge in [0.05, 0.1) is 16.3 Å². The Morgan fingerprint density at radius 3 is 2.70 bits per heavy atom. The fourth-order valence-electron chi connectivity index (χ4n) is 1.56. The van der Waals surface area contributed by atoms with Crippen molar-refractivity contribution in [3.05, 3.63) is 40.6 Å². The standard InChI is InChI=1S/C14H15BrFN3O/c1-8(2)20-14-12(17)5-6-13(19-14)18-9-3-4-11(16)10(15)7-9/h3-8H,17H2,1-2H3,(H,18,19). The number of nitrogens with two attached hydrogens (primary N) is 1. The fraction of sp³-hybridized carbons (Fsp3) is 0.214. The van der Waals surface area contributed by atoms with Crippen LogP contribution in [0.1, 0.15) is 13.8 Å². The van der Waals surface area contributed by atoms with Crippen LogP contribution in [0.15, 0.2) is 34.8 Å². The zero-order valence-corrected chi connectivity index (χ0v) is 12.7. The van der Waals surface area contributed by atoms with E-state index in [1.165, 1.54) is 6.07 Å². The molecule has 0 spiro atoms. The number of halogens is 2. The largest absolute Gasteiger partial charge is 0.473 e. The highest BCUT2D eigenvalue weighted by Gasteiger charge is 2.07. The molecule has 0 aliphatic heterocycles. The molecule has 6 heteroatoms. The van der Waals surface area contributed by atoms with Crippen molar-refractivity contribution in [3.63, 3.8) is 0 Å². The van der Waals surface area contributed by atoms with Gasteiger partial charge in [0, 0.05) is 5.69 Å². The molecule has 3 N–H and O–H groups in total. The summed E-state index contributed by atoms with van der Waals surface area (Å²) in [7, 11) is 0. The Kier molecular flexibility index (Phi) is 4.44.